The van der Waals surface area contributed by atoms with E-state index in [1.165, 1.54) is 0 Å². The fourth-order valence-corrected chi connectivity index (χ4v) is 4.21. The Labute approximate surface area is 200 Å². The minimum atomic E-state index is -0.722. The average molecular weight is 467 g/mol. The fourth-order valence-electron chi connectivity index (χ4n) is 4.21. The lowest BCUT2D eigenvalue weighted by Gasteiger charge is -2.23. The highest BCUT2D eigenvalue weighted by atomic mass is 16.3. The topological polar surface area (TPSA) is 155 Å². The molecule has 3 atom stereocenters. The summed E-state index contributed by atoms with van der Waals surface area (Å²) < 4.78 is 0. The van der Waals surface area contributed by atoms with Crippen LogP contribution in [-0.4, -0.2) is 47.6 Å². The van der Waals surface area contributed by atoms with Gasteiger partial charge < -0.3 is 32.5 Å². The number of carbonyl (C=O) groups excluding carboxylic acids is 2. The summed E-state index contributed by atoms with van der Waals surface area (Å²) >= 11 is 0. The summed E-state index contributed by atoms with van der Waals surface area (Å²) in [5, 5.41) is 18.9. The molecule has 1 aliphatic heterocycles. The van der Waals surface area contributed by atoms with Crippen LogP contribution in [0.1, 0.15) is 36.5 Å². The number of rotatable bonds is 10. The predicted octanol–water partition coefficient (Wildman–Crippen LogP) is 1.32. The molecule has 0 aliphatic carbocycles. The molecule has 1 heterocycles. The number of hydrogen-bond donors (Lipinski definition) is 6. The van der Waals surface area contributed by atoms with Gasteiger partial charge in [-0.25, -0.2) is 0 Å². The molecule has 0 saturated carbocycles. The van der Waals surface area contributed by atoms with E-state index in [1.54, 1.807) is 12.1 Å². The van der Waals surface area contributed by atoms with Gasteiger partial charge in [-0.1, -0.05) is 30.3 Å². The molecule has 0 spiro atoms. The highest BCUT2D eigenvalue weighted by molar-refractivity contribution is 5.92. The first-order valence-electron chi connectivity index (χ1n) is 11.5. The van der Waals surface area contributed by atoms with E-state index in [-0.39, 0.29) is 29.6 Å². The number of amides is 2. The highest BCUT2D eigenvalue weighted by Gasteiger charge is 2.31. The number of aryl methyl sites for hydroxylation is 1. The van der Waals surface area contributed by atoms with Crippen LogP contribution in [0.15, 0.2) is 47.5 Å². The Morgan fingerprint density at radius 3 is 2.65 bits per heavy atom. The number of aromatic hydroxyl groups is 1. The lowest BCUT2D eigenvalue weighted by Crippen LogP contribution is -2.52. The van der Waals surface area contributed by atoms with Crippen LogP contribution in [0, 0.1) is 6.92 Å². The van der Waals surface area contributed by atoms with Gasteiger partial charge in [0.1, 0.15) is 17.8 Å². The molecule has 0 fully saturated rings. The maximum Gasteiger partial charge on any atom is 0.243 e. The standard InChI is InChI=1S/C25H34N6O3/c1-15-11-18(32)13-21-19(15)14-22(30-21)24(34)31-20(9-6-10-28-25(26)27)23(33)29-16(2)12-17-7-4-3-5-8-17/h3-5,7-8,11,13,16,20,22,30,32H,6,9-10,12,14H2,1-2H3,(H,29,33)(H,31,34)(H4,26,27,28)/t16-,20-,22+/m1/s1. The summed E-state index contributed by atoms with van der Waals surface area (Å²) in [6.07, 6.45) is 2.10. The summed E-state index contributed by atoms with van der Waals surface area (Å²) in [4.78, 5) is 30.1. The summed E-state index contributed by atoms with van der Waals surface area (Å²) in [5.41, 5.74) is 14.5. The van der Waals surface area contributed by atoms with Crippen molar-refractivity contribution in [3.63, 3.8) is 0 Å². The second kappa shape index (κ2) is 11.4. The molecule has 9 nitrogen and oxygen atoms in total. The van der Waals surface area contributed by atoms with Crippen molar-refractivity contribution in [1.29, 1.82) is 0 Å². The van der Waals surface area contributed by atoms with E-state index in [4.69, 9.17) is 11.5 Å². The molecular weight excluding hydrogens is 432 g/mol. The molecule has 3 rings (SSSR count). The Morgan fingerprint density at radius 1 is 1.21 bits per heavy atom. The van der Waals surface area contributed by atoms with E-state index >= 15 is 0 Å². The first kappa shape index (κ1) is 24.9. The van der Waals surface area contributed by atoms with Crippen molar-refractivity contribution in [2.45, 2.75) is 57.7 Å². The van der Waals surface area contributed by atoms with Gasteiger partial charge in [-0.2, -0.15) is 0 Å². The summed E-state index contributed by atoms with van der Waals surface area (Å²) in [5.74, 6) is -0.374. The molecule has 0 saturated heterocycles. The maximum atomic E-state index is 13.1. The van der Waals surface area contributed by atoms with Gasteiger partial charge in [-0.05, 0) is 55.9 Å². The molecule has 0 aromatic heterocycles. The van der Waals surface area contributed by atoms with E-state index in [0.717, 1.165) is 22.4 Å². The average Bonchev–Trinajstić information content (AvgIpc) is 3.20. The SMILES string of the molecule is Cc1cc(O)cc2c1C[C@@H](C(=O)N[C@H](CCCN=C(N)N)C(=O)N[C@H](C)Cc1ccccc1)N2. The smallest absolute Gasteiger partial charge is 0.243 e. The minimum absolute atomic E-state index is 0.00642. The third-order valence-corrected chi connectivity index (χ3v) is 5.86. The van der Waals surface area contributed by atoms with Crippen LogP contribution in [0.4, 0.5) is 5.69 Å². The molecule has 0 radical (unpaired) electrons. The molecule has 8 N–H and O–H groups in total. The van der Waals surface area contributed by atoms with E-state index in [9.17, 15) is 14.7 Å². The third-order valence-electron chi connectivity index (χ3n) is 5.86. The molecule has 2 aromatic rings. The minimum Gasteiger partial charge on any atom is -0.508 e. The zero-order valence-corrected chi connectivity index (χ0v) is 19.7. The Morgan fingerprint density at radius 2 is 1.94 bits per heavy atom. The number of nitrogens with zero attached hydrogens (tertiary/aromatic N) is 1. The molecule has 2 aromatic carbocycles. The van der Waals surface area contributed by atoms with E-state index in [2.05, 4.69) is 20.9 Å². The molecule has 2 amide bonds. The van der Waals surface area contributed by atoms with Crippen LogP contribution in [-0.2, 0) is 22.4 Å². The summed E-state index contributed by atoms with van der Waals surface area (Å²) in [7, 11) is 0. The van der Waals surface area contributed by atoms with Gasteiger partial charge in [0.25, 0.3) is 0 Å². The third kappa shape index (κ3) is 6.87. The number of aliphatic imine (C=N–C) groups is 1. The molecule has 182 valence electrons. The molecule has 0 unspecified atom stereocenters. The van der Waals surface area contributed by atoms with Crippen molar-refractivity contribution < 1.29 is 14.7 Å². The van der Waals surface area contributed by atoms with Crippen molar-refractivity contribution >= 4 is 23.5 Å². The predicted molar refractivity (Wildman–Crippen MR) is 134 cm³/mol. The molecule has 1 aliphatic rings. The van der Waals surface area contributed by atoms with Gasteiger partial charge >= 0.3 is 0 Å². The van der Waals surface area contributed by atoms with Gasteiger partial charge in [-0.15, -0.1) is 0 Å². The van der Waals surface area contributed by atoms with Crippen LogP contribution in [0.25, 0.3) is 0 Å². The largest absolute Gasteiger partial charge is 0.508 e. The summed E-state index contributed by atoms with van der Waals surface area (Å²) in [6.45, 7) is 4.20. The quantitative estimate of drug-likeness (QED) is 0.176. The number of anilines is 1. The van der Waals surface area contributed by atoms with Crippen LogP contribution in [0.3, 0.4) is 0 Å². The van der Waals surface area contributed by atoms with Crippen LogP contribution >= 0.6 is 0 Å². The van der Waals surface area contributed by atoms with Crippen molar-refractivity contribution in [3.05, 3.63) is 59.2 Å². The number of phenols is 1. The normalized spacial score (nSPS) is 16.0. The highest BCUT2D eigenvalue weighted by Crippen LogP contribution is 2.32. The number of fused-ring (bicyclic) bond motifs is 1. The summed E-state index contributed by atoms with van der Waals surface area (Å²) in [6, 6.07) is 11.8. The van der Waals surface area contributed by atoms with Crippen molar-refractivity contribution in [3.8, 4) is 5.75 Å². The molecule has 9 heteroatoms. The van der Waals surface area contributed by atoms with Gasteiger partial charge in [0.2, 0.25) is 11.8 Å². The van der Waals surface area contributed by atoms with Gasteiger partial charge in [-0.3, -0.25) is 14.6 Å². The molecule has 34 heavy (non-hydrogen) atoms. The lowest BCUT2D eigenvalue weighted by molar-refractivity contribution is -0.129. The second-order valence-corrected chi connectivity index (χ2v) is 8.80. The lowest BCUT2D eigenvalue weighted by atomic mass is 10.0. The van der Waals surface area contributed by atoms with E-state index in [1.807, 2.05) is 44.2 Å². The Kier molecular flexibility index (Phi) is 8.34. The zero-order valence-electron chi connectivity index (χ0n) is 19.7. The number of phenolic OH excluding ortho intramolecular Hbond substituents is 1. The monoisotopic (exact) mass is 466 g/mol. The number of nitrogens with one attached hydrogen (secondary N) is 3. The number of nitrogens with two attached hydrogens (primary N) is 2. The van der Waals surface area contributed by atoms with E-state index in [0.29, 0.717) is 32.2 Å². The van der Waals surface area contributed by atoms with Crippen molar-refractivity contribution in [2.24, 2.45) is 16.5 Å². The molecular formula is C25H34N6O3. The maximum absolute atomic E-state index is 13.1. The Hall–Kier alpha value is -3.75. The first-order valence-corrected chi connectivity index (χ1v) is 11.5. The van der Waals surface area contributed by atoms with Gasteiger partial charge in [0, 0.05) is 30.8 Å². The van der Waals surface area contributed by atoms with Crippen LogP contribution < -0.4 is 27.4 Å². The zero-order chi connectivity index (χ0) is 24.7. The Bertz CT molecular complexity index is 1040. The number of carbonyl (C=O) groups is 2. The van der Waals surface area contributed by atoms with Crippen molar-refractivity contribution in [2.75, 3.05) is 11.9 Å². The second-order valence-electron chi connectivity index (χ2n) is 8.80. The van der Waals surface area contributed by atoms with Crippen molar-refractivity contribution in [1.82, 2.24) is 10.6 Å². The molecule has 0 bridgehead atoms. The fraction of sp³-hybridized carbons (Fsp3) is 0.400. The first-order chi connectivity index (χ1) is 16.2. The van der Waals surface area contributed by atoms with E-state index < -0.39 is 12.1 Å². The number of benzene rings is 2. The number of guanidine groups is 1. The number of hydrogen-bond acceptors (Lipinski definition) is 5. The van der Waals surface area contributed by atoms with Crippen LogP contribution in [0.2, 0.25) is 0 Å². The van der Waals surface area contributed by atoms with Crippen LogP contribution in [0.5, 0.6) is 5.75 Å². The van der Waals surface area contributed by atoms with Gasteiger partial charge in [0.15, 0.2) is 5.96 Å². The Balaban J connectivity index is 1.63. The van der Waals surface area contributed by atoms with Gasteiger partial charge in [0.05, 0.1) is 0 Å².